The van der Waals surface area contributed by atoms with Crippen LogP contribution in [0.1, 0.15) is 48.2 Å². The molecular weight excluding hydrogens is 520 g/mol. The molecule has 9 nitrogen and oxygen atoms in total. The maximum atomic E-state index is 13.1. The van der Waals surface area contributed by atoms with Crippen molar-refractivity contribution < 1.29 is 28.5 Å². The fraction of sp³-hybridized carbons (Fsp3) is 0.379. The van der Waals surface area contributed by atoms with Gasteiger partial charge >= 0.3 is 12.6 Å². The number of alkyl halides is 2. The molecule has 2 N–H and O–H groups in total. The van der Waals surface area contributed by atoms with E-state index in [9.17, 15) is 23.8 Å². The van der Waals surface area contributed by atoms with Crippen LogP contribution < -0.4 is 9.64 Å². The van der Waals surface area contributed by atoms with Gasteiger partial charge in [0.15, 0.2) is 0 Å². The Bertz CT molecular complexity index is 1580. The molecule has 40 heavy (non-hydrogen) atoms. The quantitative estimate of drug-likeness (QED) is 0.363. The first-order chi connectivity index (χ1) is 19.4. The van der Waals surface area contributed by atoms with E-state index in [0.717, 1.165) is 29.7 Å². The minimum atomic E-state index is -2.96. The lowest BCUT2D eigenvalue weighted by Gasteiger charge is -2.35. The molecule has 0 spiro atoms. The number of pyridine rings is 1. The number of rotatable bonds is 6. The maximum Gasteiger partial charge on any atom is 0.387 e. The lowest BCUT2D eigenvalue weighted by atomic mass is 9.85. The number of para-hydroxylation sites is 1. The second-order valence-corrected chi connectivity index (χ2v) is 10.9. The number of hydrogen-bond donors (Lipinski definition) is 2. The van der Waals surface area contributed by atoms with Gasteiger partial charge in [0.1, 0.15) is 11.4 Å². The van der Waals surface area contributed by atoms with Crippen molar-refractivity contribution in [3.8, 4) is 16.9 Å². The summed E-state index contributed by atoms with van der Waals surface area (Å²) in [5, 5.41) is 20.4. The molecule has 3 aromatic heterocycles. The Kier molecular flexibility index (Phi) is 5.92. The second kappa shape index (κ2) is 9.51. The predicted octanol–water partition coefficient (Wildman–Crippen LogP) is 4.51. The van der Waals surface area contributed by atoms with E-state index >= 15 is 0 Å². The van der Waals surface area contributed by atoms with Gasteiger partial charge in [0.2, 0.25) is 5.95 Å². The topological polar surface area (TPSA) is 113 Å². The number of anilines is 1. The number of imidazole rings is 1. The third kappa shape index (κ3) is 4.07. The molecular formula is C29H27F2N5O4. The van der Waals surface area contributed by atoms with Crippen molar-refractivity contribution in [1.82, 2.24) is 19.4 Å². The molecule has 7 rings (SSSR count). The number of aliphatic hydroxyl groups is 1. The molecule has 5 atom stereocenters. The van der Waals surface area contributed by atoms with Crippen molar-refractivity contribution in [3.63, 3.8) is 0 Å². The van der Waals surface area contributed by atoms with E-state index in [4.69, 9.17) is 4.74 Å². The Morgan fingerprint density at radius 1 is 1.02 bits per heavy atom. The number of carboxylic acid groups (broad SMARTS) is 1. The van der Waals surface area contributed by atoms with Gasteiger partial charge in [-0.05, 0) is 49.3 Å². The Morgan fingerprint density at radius 3 is 2.45 bits per heavy atom. The van der Waals surface area contributed by atoms with Crippen LogP contribution in [0.15, 0.2) is 55.0 Å². The molecule has 0 unspecified atom stereocenters. The summed E-state index contributed by atoms with van der Waals surface area (Å²) in [6, 6.07) is 10.4. The minimum Gasteiger partial charge on any atom is -0.481 e. The Morgan fingerprint density at radius 2 is 1.75 bits per heavy atom. The summed E-state index contributed by atoms with van der Waals surface area (Å²) >= 11 is 0. The number of aliphatic hydroxyl groups excluding tert-OH is 1. The SMILES string of the molecule is O=C(O)[C@H]1[C@@H]2CC[C@H]1CN(c1ncc(-c3ccc4nc5c(n4c3)[C@@H](c3ccccc3OC(F)F)C[C@H]5O)cn1)C2. The highest BCUT2D eigenvalue weighted by Gasteiger charge is 2.46. The molecule has 0 amide bonds. The van der Waals surface area contributed by atoms with E-state index in [2.05, 4.69) is 19.9 Å². The van der Waals surface area contributed by atoms with E-state index in [0.29, 0.717) is 42.4 Å². The molecule has 1 saturated heterocycles. The Labute approximate surface area is 228 Å². The molecule has 2 bridgehead atoms. The first-order valence-corrected chi connectivity index (χ1v) is 13.4. The molecule has 2 aliphatic carbocycles. The van der Waals surface area contributed by atoms with Gasteiger partial charge in [-0.15, -0.1) is 0 Å². The number of piperidine rings is 1. The molecule has 206 valence electrons. The van der Waals surface area contributed by atoms with Crippen molar-refractivity contribution in [2.75, 3.05) is 18.0 Å². The van der Waals surface area contributed by atoms with Gasteiger partial charge in [-0.25, -0.2) is 15.0 Å². The fourth-order valence-electron chi connectivity index (χ4n) is 6.96. The van der Waals surface area contributed by atoms with Crippen LogP contribution in [0, 0.1) is 17.8 Å². The molecule has 0 radical (unpaired) electrons. The lowest BCUT2D eigenvalue weighted by molar-refractivity contribution is -0.144. The highest BCUT2D eigenvalue weighted by Crippen LogP contribution is 2.47. The fourth-order valence-corrected chi connectivity index (χ4v) is 6.96. The highest BCUT2D eigenvalue weighted by atomic mass is 19.3. The second-order valence-electron chi connectivity index (χ2n) is 10.9. The summed E-state index contributed by atoms with van der Waals surface area (Å²) in [7, 11) is 0. The zero-order valence-corrected chi connectivity index (χ0v) is 21.4. The number of hydrogen-bond acceptors (Lipinski definition) is 7. The monoisotopic (exact) mass is 547 g/mol. The van der Waals surface area contributed by atoms with Gasteiger partial charge in [0, 0.05) is 54.3 Å². The number of carboxylic acids is 1. The van der Waals surface area contributed by atoms with Crippen LogP contribution in [0.5, 0.6) is 5.75 Å². The van der Waals surface area contributed by atoms with E-state index in [-0.39, 0.29) is 29.4 Å². The van der Waals surface area contributed by atoms with E-state index in [1.54, 1.807) is 30.6 Å². The van der Waals surface area contributed by atoms with Crippen molar-refractivity contribution >= 4 is 17.6 Å². The minimum absolute atomic E-state index is 0.0819. The van der Waals surface area contributed by atoms with Gasteiger partial charge < -0.3 is 24.3 Å². The summed E-state index contributed by atoms with van der Waals surface area (Å²) in [6.45, 7) is -1.68. The van der Waals surface area contributed by atoms with Gasteiger partial charge in [0.25, 0.3) is 0 Å². The number of aromatic nitrogens is 4. The van der Waals surface area contributed by atoms with E-state index in [1.807, 2.05) is 22.7 Å². The first-order valence-electron chi connectivity index (χ1n) is 13.4. The number of ether oxygens (including phenoxy) is 1. The number of fused-ring (bicyclic) bond motifs is 5. The first kappa shape index (κ1) is 24.9. The number of benzene rings is 1. The van der Waals surface area contributed by atoms with Crippen LogP contribution in [-0.4, -0.2) is 55.2 Å². The van der Waals surface area contributed by atoms with Crippen molar-refractivity contribution in [2.24, 2.45) is 17.8 Å². The third-order valence-electron chi connectivity index (χ3n) is 8.67. The average Bonchev–Trinajstić information content (AvgIpc) is 3.57. The average molecular weight is 548 g/mol. The zero-order valence-electron chi connectivity index (χ0n) is 21.4. The normalized spacial score (nSPS) is 25.5. The molecule has 4 heterocycles. The van der Waals surface area contributed by atoms with Crippen molar-refractivity contribution in [3.05, 3.63) is 71.9 Å². The van der Waals surface area contributed by atoms with Crippen LogP contribution in [0.3, 0.4) is 0 Å². The smallest absolute Gasteiger partial charge is 0.387 e. The summed E-state index contributed by atoms with van der Waals surface area (Å²) in [5.41, 5.74) is 4.10. The molecule has 4 aromatic rings. The van der Waals surface area contributed by atoms with Crippen LogP contribution in [-0.2, 0) is 4.79 Å². The Balaban J connectivity index is 1.20. The van der Waals surface area contributed by atoms with Gasteiger partial charge in [-0.2, -0.15) is 8.78 Å². The van der Waals surface area contributed by atoms with Crippen LogP contribution in [0.4, 0.5) is 14.7 Å². The highest BCUT2D eigenvalue weighted by molar-refractivity contribution is 5.72. The summed E-state index contributed by atoms with van der Waals surface area (Å²) in [5.74, 6) is -0.464. The Hall–Kier alpha value is -4.12. The number of aliphatic carboxylic acids is 1. The molecule has 1 aromatic carbocycles. The van der Waals surface area contributed by atoms with Crippen molar-refractivity contribution in [1.29, 1.82) is 0 Å². The summed E-state index contributed by atoms with van der Waals surface area (Å²) in [6.07, 6.45) is 6.73. The van der Waals surface area contributed by atoms with Crippen molar-refractivity contribution in [2.45, 2.75) is 37.9 Å². The summed E-state index contributed by atoms with van der Waals surface area (Å²) < 4.78 is 32.9. The molecule has 2 fully saturated rings. The number of carbonyl (C=O) groups is 1. The van der Waals surface area contributed by atoms with Gasteiger partial charge in [-0.1, -0.05) is 18.2 Å². The van der Waals surface area contributed by atoms with Gasteiger partial charge in [-0.3, -0.25) is 4.79 Å². The van der Waals surface area contributed by atoms with Crippen LogP contribution in [0.2, 0.25) is 0 Å². The van der Waals surface area contributed by atoms with E-state index < -0.39 is 18.7 Å². The lowest BCUT2D eigenvalue weighted by Crippen LogP contribution is -2.45. The predicted molar refractivity (Wildman–Crippen MR) is 140 cm³/mol. The van der Waals surface area contributed by atoms with Crippen LogP contribution >= 0.6 is 0 Å². The maximum absolute atomic E-state index is 13.1. The molecule has 1 aliphatic heterocycles. The number of nitrogens with zero attached hydrogens (tertiary/aromatic N) is 5. The molecule has 1 saturated carbocycles. The molecule has 3 aliphatic rings. The summed E-state index contributed by atoms with van der Waals surface area (Å²) in [4.78, 5) is 27.6. The van der Waals surface area contributed by atoms with E-state index in [1.165, 1.54) is 6.07 Å². The molecule has 11 heteroatoms. The largest absolute Gasteiger partial charge is 0.481 e. The zero-order chi connectivity index (χ0) is 27.5. The number of halogens is 2. The standard InChI is InChI=1S/C29H27F2N5O4/c30-28(31)40-22-4-2-1-3-19(22)20-9-21(37)25-26(20)36-14-15(7-8-23(36)34-25)18-10-32-29(33-11-18)35-12-16-5-6-17(13-35)24(16)27(38)39/h1-4,7-8,10-11,14,16-17,20-21,24,28,37H,5-6,9,12-13H2,(H,38,39)/t16-,17+,20-,21-,24+/m1/s1. The van der Waals surface area contributed by atoms with Gasteiger partial charge in [0.05, 0.1) is 23.4 Å². The third-order valence-corrected chi connectivity index (χ3v) is 8.67. The van der Waals surface area contributed by atoms with Crippen LogP contribution in [0.25, 0.3) is 16.8 Å².